The van der Waals surface area contributed by atoms with Gasteiger partial charge in [-0.3, -0.25) is 9.88 Å². The lowest BCUT2D eigenvalue weighted by Gasteiger charge is -2.43. The molecule has 2 aliphatic heterocycles. The van der Waals surface area contributed by atoms with Crippen molar-refractivity contribution in [1.29, 1.82) is 0 Å². The molecule has 4 heteroatoms. The number of aromatic nitrogens is 1. The molecule has 3 heterocycles. The van der Waals surface area contributed by atoms with Crippen LogP contribution in [0.3, 0.4) is 0 Å². The number of anilines is 2. The summed E-state index contributed by atoms with van der Waals surface area (Å²) in [6, 6.07) is 24.5. The SMILES string of the molecule is Cc1cc(N2CN(C(C)c3ccccc3)C34C(=CC=C[C@@H]23)Nc2ccccc24)cc(C)n1. The Morgan fingerprint density at radius 3 is 2.50 bits per heavy atom. The van der Waals surface area contributed by atoms with Crippen LogP contribution in [0, 0.1) is 13.8 Å². The zero-order chi connectivity index (χ0) is 21.9. The van der Waals surface area contributed by atoms with Gasteiger partial charge in [-0.05, 0) is 50.6 Å². The van der Waals surface area contributed by atoms with E-state index in [4.69, 9.17) is 0 Å². The number of allylic oxidation sites excluding steroid dienone is 2. The van der Waals surface area contributed by atoms with Crippen LogP contribution < -0.4 is 10.2 Å². The summed E-state index contributed by atoms with van der Waals surface area (Å²) in [6.45, 7) is 7.34. The van der Waals surface area contributed by atoms with Crippen LogP contribution in [0.1, 0.15) is 35.5 Å². The first kappa shape index (κ1) is 19.3. The van der Waals surface area contributed by atoms with Crippen LogP contribution in [0.4, 0.5) is 11.4 Å². The molecule has 1 saturated heterocycles. The minimum Gasteiger partial charge on any atom is -0.357 e. The van der Waals surface area contributed by atoms with Gasteiger partial charge in [0, 0.05) is 40.1 Å². The van der Waals surface area contributed by atoms with Crippen molar-refractivity contribution in [2.45, 2.75) is 38.4 Å². The number of benzene rings is 2. The molecule has 4 nitrogen and oxygen atoms in total. The number of hydrogen-bond donors (Lipinski definition) is 1. The van der Waals surface area contributed by atoms with E-state index in [1.807, 2.05) is 0 Å². The Hall–Kier alpha value is -3.37. The quantitative estimate of drug-likeness (QED) is 0.590. The number of fused-ring (bicyclic) bond motifs is 1. The highest BCUT2D eigenvalue weighted by atomic mass is 15.5. The maximum absolute atomic E-state index is 4.63. The van der Waals surface area contributed by atoms with Gasteiger partial charge in [0.2, 0.25) is 0 Å². The van der Waals surface area contributed by atoms with Gasteiger partial charge in [0.05, 0.1) is 12.7 Å². The van der Waals surface area contributed by atoms with Gasteiger partial charge in [-0.1, -0.05) is 60.7 Å². The highest BCUT2D eigenvalue weighted by molar-refractivity contribution is 5.73. The molecule has 3 atom stereocenters. The molecule has 0 radical (unpaired) electrons. The fraction of sp³-hybridized carbons (Fsp3) is 0.250. The predicted molar refractivity (Wildman–Crippen MR) is 131 cm³/mol. The highest BCUT2D eigenvalue weighted by Crippen LogP contribution is 2.57. The summed E-state index contributed by atoms with van der Waals surface area (Å²) >= 11 is 0. The van der Waals surface area contributed by atoms with Crippen LogP contribution in [0.15, 0.2) is 90.7 Å². The second kappa shape index (κ2) is 7.07. The van der Waals surface area contributed by atoms with E-state index in [0.717, 1.165) is 18.1 Å². The smallest absolute Gasteiger partial charge is 0.115 e. The summed E-state index contributed by atoms with van der Waals surface area (Å²) in [7, 11) is 0. The maximum Gasteiger partial charge on any atom is 0.115 e. The topological polar surface area (TPSA) is 31.4 Å². The van der Waals surface area contributed by atoms with Gasteiger partial charge in [-0.2, -0.15) is 0 Å². The van der Waals surface area contributed by atoms with E-state index in [1.54, 1.807) is 0 Å². The van der Waals surface area contributed by atoms with E-state index in [2.05, 4.69) is 126 Å². The zero-order valence-electron chi connectivity index (χ0n) is 18.8. The van der Waals surface area contributed by atoms with Gasteiger partial charge in [-0.25, -0.2) is 0 Å². The molecule has 3 aromatic rings. The number of para-hydroxylation sites is 1. The molecule has 6 rings (SSSR count). The maximum atomic E-state index is 4.63. The number of hydrogen-bond acceptors (Lipinski definition) is 4. The summed E-state index contributed by atoms with van der Waals surface area (Å²) in [5.41, 5.74) is 8.26. The second-order valence-electron chi connectivity index (χ2n) is 9.12. The Bertz CT molecular complexity index is 1230. The van der Waals surface area contributed by atoms with E-state index in [9.17, 15) is 0 Å². The molecule has 1 N–H and O–H groups in total. The third-order valence-corrected chi connectivity index (χ3v) is 7.24. The largest absolute Gasteiger partial charge is 0.357 e. The number of nitrogens with zero attached hydrogens (tertiary/aromatic N) is 3. The molecule has 160 valence electrons. The lowest BCUT2D eigenvalue weighted by atomic mass is 9.77. The Morgan fingerprint density at radius 2 is 1.72 bits per heavy atom. The van der Waals surface area contributed by atoms with E-state index in [0.29, 0.717) is 0 Å². The van der Waals surface area contributed by atoms with Crippen LogP contribution in [-0.4, -0.2) is 22.6 Å². The summed E-state index contributed by atoms with van der Waals surface area (Å²) < 4.78 is 0. The lowest BCUT2D eigenvalue weighted by molar-refractivity contribution is 0.125. The summed E-state index contributed by atoms with van der Waals surface area (Å²) in [4.78, 5) is 9.85. The molecule has 1 aromatic heterocycles. The third-order valence-electron chi connectivity index (χ3n) is 7.24. The number of nitrogens with one attached hydrogen (secondary N) is 1. The molecule has 1 spiro atoms. The van der Waals surface area contributed by atoms with Gasteiger partial charge >= 0.3 is 0 Å². The molecule has 3 aliphatic rings. The average molecular weight is 421 g/mol. The standard InChI is InChI=1S/C28H28N4/c1-19-16-23(17-20(2)29-19)31-18-32(21(3)22-10-5-4-6-11-22)28-24-12-7-8-13-25(24)30-26(28)14-9-15-27(28)31/h4-17,21,27,30H,18H2,1-3H3/t21?,27-,28?/m1/s1. The monoisotopic (exact) mass is 420 g/mol. The van der Waals surface area contributed by atoms with Crippen molar-refractivity contribution in [1.82, 2.24) is 9.88 Å². The van der Waals surface area contributed by atoms with Crippen molar-refractivity contribution in [3.05, 3.63) is 113 Å². The molecule has 0 bridgehead atoms. The van der Waals surface area contributed by atoms with Crippen LogP contribution in [0.5, 0.6) is 0 Å². The summed E-state index contributed by atoms with van der Waals surface area (Å²) in [5, 5.41) is 3.76. The fourth-order valence-corrected chi connectivity index (χ4v) is 5.93. The van der Waals surface area contributed by atoms with Gasteiger partial charge in [0.25, 0.3) is 0 Å². The molecular weight excluding hydrogens is 392 g/mol. The lowest BCUT2D eigenvalue weighted by Crippen LogP contribution is -2.50. The minimum atomic E-state index is -0.258. The minimum absolute atomic E-state index is 0.186. The molecule has 0 saturated carbocycles. The summed E-state index contributed by atoms with van der Waals surface area (Å²) in [6.07, 6.45) is 6.84. The van der Waals surface area contributed by atoms with Crippen molar-refractivity contribution < 1.29 is 0 Å². The van der Waals surface area contributed by atoms with Crippen molar-refractivity contribution in [2.24, 2.45) is 0 Å². The molecule has 0 amide bonds. The van der Waals surface area contributed by atoms with Crippen LogP contribution >= 0.6 is 0 Å². The van der Waals surface area contributed by atoms with Gasteiger partial charge in [0.1, 0.15) is 5.54 Å². The fourth-order valence-electron chi connectivity index (χ4n) is 5.93. The molecule has 1 fully saturated rings. The Kier molecular flexibility index (Phi) is 4.27. The van der Waals surface area contributed by atoms with Gasteiger partial charge in [-0.15, -0.1) is 0 Å². The zero-order valence-corrected chi connectivity index (χ0v) is 18.8. The first-order chi connectivity index (χ1) is 15.6. The number of rotatable bonds is 3. The Labute approximate surface area is 189 Å². The highest BCUT2D eigenvalue weighted by Gasteiger charge is 2.60. The van der Waals surface area contributed by atoms with Gasteiger partial charge < -0.3 is 10.2 Å². The Balaban J connectivity index is 1.57. The van der Waals surface area contributed by atoms with Crippen LogP contribution in [-0.2, 0) is 5.54 Å². The van der Waals surface area contributed by atoms with E-state index >= 15 is 0 Å². The second-order valence-corrected chi connectivity index (χ2v) is 9.12. The van der Waals surface area contributed by atoms with Crippen LogP contribution in [0.2, 0.25) is 0 Å². The number of pyridine rings is 1. The normalized spacial score (nSPS) is 24.4. The third kappa shape index (κ3) is 2.63. The molecule has 2 aromatic carbocycles. The van der Waals surface area contributed by atoms with Crippen LogP contribution in [0.25, 0.3) is 0 Å². The molecule has 1 aliphatic carbocycles. The van der Waals surface area contributed by atoms with E-state index < -0.39 is 0 Å². The first-order valence-corrected chi connectivity index (χ1v) is 11.4. The molecule has 32 heavy (non-hydrogen) atoms. The molecule has 2 unspecified atom stereocenters. The average Bonchev–Trinajstić information content (AvgIpc) is 3.33. The summed E-state index contributed by atoms with van der Waals surface area (Å²) in [5.74, 6) is 0. The van der Waals surface area contributed by atoms with Crippen molar-refractivity contribution in [3.63, 3.8) is 0 Å². The van der Waals surface area contributed by atoms with Gasteiger partial charge in [0.15, 0.2) is 0 Å². The predicted octanol–water partition coefficient (Wildman–Crippen LogP) is 5.68. The van der Waals surface area contributed by atoms with Crippen molar-refractivity contribution >= 4 is 11.4 Å². The van der Waals surface area contributed by atoms with Crippen molar-refractivity contribution in [3.8, 4) is 0 Å². The van der Waals surface area contributed by atoms with E-state index in [1.165, 1.54) is 28.2 Å². The molecular formula is C28H28N4. The first-order valence-electron chi connectivity index (χ1n) is 11.4. The van der Waals surface area contributed by atoms with Crippen molar-refractivity contribution in [2.75, 3.05) is 16.9 Å². The van der Waals surface area contributed by atoms with E-state index in [-0.39, 0.29) is 17.6 Å². The number of aryl methyl sites for hydroxylation is 2. The Morgan fingerprint density at radius 1 is 1.00 bits per heavy atom.